The predicted molar refractivity (Wildman–Crippen MR) is 81.7 cm³/mol. The molecule has 2 rings (SSSR count). The predicted octanol–water partition coefficient (Wildman–Crippen LogP) is 3.45. The molecule has 20 heavy (non-hydrogen) atoms. The molecule has 104 valence electrons. The van der Waals surface area contributed by atoms with Crippen LogP contribution in [0.1, 0.15) is 21.5 Å². The van der Waals surface area contributed by atoms with Gasteiger partial charge in [-0.2, -0.15) is 0 Å². The topological polar surface area (TPSA) is 29.5 Å². The van der Waals surface area contributed by atoms with Crippen LogP contribution in [0.15, 0.2) is 42.5 Å². The van der Waals surface area contributed by atoms with Gasteiger partial charge in [0.2, 0.25) is 0 Å². The van der Waals surface area contributed by atoms with E-state index in [-0.39, 0.29) is 0 Å². The fraction of sp³-hybridized carbons (Fsp3) is 0.235. The lowest BCUT2D eigenvalue weighted by molar-refractivity contribution is 0.112. The number of hydrogen-bond acceptors (Lipinski definition) is 3. The molecule has 2 aromatic rings. The van der Waals surface area contributed by atoms with E-state index in [0.29, 0.717) is 5.56 Å². The quantitative estimate of drug-likeness (QED) is 0.779. The van der Waals surface area contributed by atoms with Crippen molar-refractivity contribution in [2.45, 2.75) is 13.5 Å². The molecule has 0 heterocycles. The van der Waals surface area contributed by atoms with Gasteiger partial charge in [-0.25, -0.2) is 0 Å². The van der Waals surface area contributed by atoms with Crippen LogP contribution in [0.5, 0.6) is 5.75 Å². The van der Waals surface area contributed by atoms with E-state index in [0.717, 1.165) is 29.8 Å². The molecule has 3 nitrogen and oxygen atoms in total. The van der Waals surface area contributed by atoms with Crippen LogP contribution in [0, 0.1) is 6.92 Å². The lowest BCUT2D eigenvalue weighted by atomic mass is 10.1. The summed E-state index contributed by atoms with van der Waals surface area (Å²) in [6, 6.07) is 13.8. The van der Waals surface area contributed by atoms with Gasteiger partial charge in [0.05, 0.1) is 7.11 Å². The minimum atomic E-state index is 0.712. The van der Waals surface area contributed by atoms with Crippen LogP contribution in [-0.2, 0) is 6.54 Å². The van der Waals surface area contributed by atoms with Crippen molar-refractivity contribution in [3.05, 3.63) is 59.2 Å². The molecule has 0 aliphatic heterocycles. The molecule has 0 spiro atoms. The second-order valence-electron chi connectivity index (χ2n) is 4.87. The zero-order chi connectivity index (χ0) is 14.5. The number of benzene rings is 2. The number of aryl methyl sites for hydroxylation is 1. The van der Waals surface area contributed by atoms with Gasteiger partial charge in [-0.15, -0.1) is 0 Å². The highest BCUT2D eigenvalue weighted by Crippen LogP contribution is 2.22. The highest BCUT2D eigenvalue weighted by atomic mass is 16.5. The summed E-state index contributed by atoms with van der Waals surface area (Å²) in [6.45, 7) is 2.83. The number of aldehydes is 1. The number of ether oxygens (including phenoxy) is 1. The van der Waals surface area contributed by atoms with E-state index in [4.69, 9.17) is 4.74 Å². The number of methoxy groups -OCH3 is 1. The van der Waals surface area contributed by atoms with Crippen LogP contribution >= 0.6 is 0 Å². The second kappa shape index (κ2) is 6.24. The highest BCUT2D eigenvalue weighted by molar-refractivity contribution is 5.76. The molecule has 2 aromatic carbocycles. The zero-order valence-corrected chi connectivity index (χ0v) is 12.1. The molecule has 0 amide bonds. The smallest absolute Gasteiger partial charge is 0.150 e. The third-order valence-electron chi connectivity index (χ3n) is 3.35. The van der Waals surface area contributed by atoms with E-state index in [1.807, 2.05) is 44.3 Å². The Morgan fingerprint density at radius 2 is 1.85 bits per heavy atom. The van der Waals surface area contributed by atoms with Gasteiger partial charge < -0.3 is 9.64 Å². The van der Waals surface area contributed by atoms with Gasteiger partial charge in [-0.1, -0.05) is 12.1 Å². The SMILES string of the molecule is COc1ccc(CN(C)c2ccc(C=O)cc2C)cc1. The number of nitrogens with zero attached hydrogens (tertiary/aromatic N) is 1. The monoisotopic (exact) mass is 269 g/mol. The highest BCUT2D eigenvalue weighted by Gasteiger charge is 2.06. The first-order valence-corrected chi connectivity index (χ1v) is 6.54. The van der Waals surface area contributed by atoms with Crippen LogP contribution in [-0.4, -0.2) is 20.4 Å². The fourth-order valence-electron chi connectivity index (χ4n) is 2.27. The molecule has 0 bridgehead atoms. The van der Waals surface area contributed by atoms with E-state index in [2.05, 4.69) is 17.0 Å². The summed E-state index contributed by atoms with van der Waals surface area (Å²) < 4.78 is 5.16. The van der Waals surface area contributed by atoms with Crippen LogP contribution in [0.25, 0.3) is 0 Å². The summed E-state index contributed by atoms with van der Waals surface area (Å²) in [6.07, 6.45) is 0.875. The van der Waals surface area contributed by atoms with E-state index in [9.17, 15) is 4.79 Å². The van der Waals surface area contributed by atoms with Crippen molar-refractivity contribution in [3.63, 3.8) is 0 Å². The fourth-order valence-corrected chi connectivity index (χ4v) is 2.27. The number of carbonyl (C=O) groups is 1. The lowest BCUT2D eigenvalue weighted by Crippen LogP contribution is -2.17. The van der Waals surface area contributed by atoms with Crippen molar-refractivity contribution in [1.29, 1.82) is 0 Å². The van der Waals surface area contributed by atoms with Crippen molar-refractivity contribution in [2.75, 3.05) is 19.1 Å². The first-order chi connectivity index (χ1) is 9.63. The number of hydrogen-bond donors (Lipinski definition) is 0. The van der Waals surface area contributed by atoms with Gasteiger partial charge in [0, 0.05) is 24.8 Å². The Labute approximate surface area is 119 Å². The standard InChI is InChI=1S/C17H19NO2/c1-13-10-15(12-19)6-9-17(13)18(2)11-14-4-7-16(20-3)8-5-14/h4-10,12H,11H2,1-3H3. The molecule has 0 unspecified atom stereocenters. The van der Waals surface area contributed by atoms with Gasteiger partial charge >= 0.3 is 0 Å². The summed E-state index contributed by atoms with van der Waals surface area (Å²) in [5.74, 6) is 0.864. The van der Waals surface area contributed by atoms with E-state index < -0.39 is 0 Å². The first kappa shape index (κ1) is 14.1. The Balaban J connectivity index is 2.14. The van der Waals surface area contributed by atoms with Crippen molar-refractivity contribution in [3.8, 4) is 5.75 Å². The zero-order valence-electron chi connectivity index (χ0n) is 12.1. The van der Waals surface area contributed by atoms with Crippen molar-refractivity contribution < 1.29 is 9.53 Å². The molecule has 3 heteroatoms. The summed E-state index contributed by atoms with van der Waals surface area (Å²) in [7, 11) is 3.71. The Morgan fingerprint density at radius 1 is 1.15 bits per heavy atom. The third kappa shape index (κ3) is 3.18. The molecule has 0 saturated carbocycles. The maximum atomic E-state index is 10.8. The summed E-state index contributed by atoms with van der Waals surface area (Å²) in [5, 5.41) is 0. The van der Waals surface area contributed by atoms with Crippen LogP contribution in [0.3, 0.4) is 0 Å². The van der Waals surface area contributed by atoms with E-state index in [1.54, 1.807) is 7.11 Å². The molecule has 0 atom stereocenters. The molecule has 0 aromatic heterocycles. The molecular weight excluding hydrogens is 250 g/mol. The minimum Gasteiger partial charge on any atom is -0.497 e. The van der Waals surface area contributed by atoms with Gasteiger partial charge in [0.25, 0.3) is 0 Å². The third-order valence-corrected chi connectivity index (χ3v) is 3.35. The van der Waals surface area contributed by atoms with Gasteiger partial charge in [0.15, 0.2) is 0 Å². The molecule has 0 aliphatic carbocycles. The molecule has 0 saturated heterocycles. The Kier molecular flexibility index (Phi) is 4.41. The van der Waals surface area contributed by atoms with Crippen molar-refractivity contribution in [1.82, 2.24) is 0 Å². The average molecular weight is 269 g/mol. The molecular formula is C17H19NO2. The van der Waals surface area contributed by atoms with Gasteiger partial charge in [-0.3, -0.25) is 4.79 Å². The second-order valence-corrected chi connectivity index (χ2v) is 4.87. The van der Waals surface area contributed by atoms with E-state index in [1.165, 1.54) is 5.56 Å². The van der Waals surface area contributed by atoms with Crippen LogP contribution in [0.4, 0.5) is 5.69 Å². The molecule has 0 aliphatic rings. The van der Waals surface area contributed by atoms with Crippen molar-refractivity contribution in [2.24, 2.45) is 0 Å². The van der Waals surface area contributed by atoms with Gasteiger partial charge in [-0.05, 0) is 48.4 Å². The summed E-state index contributed by atoms with van der Waals surface area (Å²) in [4.78, 5) is 12.9. The Morgan fingerprint density at radius 3 is 2.40 bits per heavy atom. The van der Waals surface area contributed by atoms with Crippen LogP contribution < -0.4 is 9.64 Å². The maximum absolute atomic E-state index is 10.8. The number of anilines is 1. The summed E-state index contributed by atoms with van der Waals surface area (Å²) in [5.41, 5.74) is 4.16. The maximum Gasteiger partial charge on any atom is 0.150 e. The molecule has 0 radical (unpaired) electrons. The van der Waals surface area contributed by atoms with Crippen molar-refractivity contribution >= 4 is 12.0 Å². The van der Waals surface area contributed by atoms with Crippen LogP contribution in [0.2, 0.25) is 0 Å². The first-order valence-electron chi connectivity index (χ1n) is 6.54. The minimum absolute atomic E-state index is 0.712. The van der Waals surface area contributed by atoms with Gasteiger partial charge in [0.1, 0.15) is 12.0 Å². The largest absolute Gasteiger partial charge is 0.497 e. The number of rotatable bonds is 5. The summed E-state index contributed by atoms with van der Waals surface area (Å²) >= 11 is 0. The Bertz CT molecular complexity index is 590. The Hall–Kier alpha value is -2.29. The number of carbonyl (C=O) groups excluding carboxylic acids is 1. The average Bonchev–Trinajstić information content (AvgIpc) is 2.47. The molecule has 0 N–H and O–H groups in total. The molecule has 0 fully saturated rings. The lowest BCUT2D eigenvalue weighted by Gasteiger charge is -2.22. The normalized spacial score (nSPS) is 10.2. The van der Waals surface area contributed by atoms with E-state index >= 15 is 0 Å².